The van der Waals surface area contributed by atoms with E-state index in [4.69, 9.17) is 4.42 Å². The summed E-state index contributed by atoms with van der Waals surface area (Å²) >= 11 is 0. The van der Waals surface area contributed by atoms with Crippen molar-refractivity contribution in [1.82, 2.24) is 0 Å². The van der Waals surface area contributed by atoms with Crippen LogP contribution in [0.4, 0.5) is 0 Å². The van der Waals surface area contributed by atoms with Crippen LogP contribution in [-0.4, -0.2) is 25.0 Å². The molecular formula is C14H18O4S. The normalized spacial score (nSPS) is 13.8. The Labute approximate surface area is 113 Å². The van der Waals surface area contributed by atoms with Crippen molar-refractivity contribution in [2.45, 2.75) is 25.9 Å². The molecule has 0 aliphatic carbocycles. The molecule has 0 aliphatic heterocycles. The van der Waals surface area contributed by atoms with E-state index in [1.54, 1.807) is 13.0 Å². The molecule has 2 aromatic rings. The average molecular weight is 282 g/mol. The van der Waals surface area contributed by atoms with Crippen molar-refractivity contribution in [3.8, 4) is 0 Å². The lowest BCUT2D eigenvalue weighted by Crippen LogP contribution is -2.09. The zero-order valence-corrected chi connectivity index (χ0v) is 11.7. The Balaban J connectivity index is 1.98. The zero-order valence-electron chi connectivity index (χ0n) is 10.9. The van der Waals surface area contributed by atoms with E-state index >= 15 is 0 Å². The minimum Gasteiger partial charge on any atom is -0.458 e. The van der Waals surface area contributed by atoms with Crippen LogP contribution in [0.15, 0.2) is 34.7 Å². The van der Waals surface area contributed by atoms with Crippen LogP contribution in [0.5, 0.6) is 0 Å². The Bertz CT molecular complexity index is 609. The summed E-state index contributed by atoms with van der Waals surface area (Å²) in [5, 5.41) is 10.9. The fourth-order valence-corrected chi connectivity index (χ4v) is 2.84. The van der Waals surface area contributed by atoms with Crippen LogP contribution in [0, 0.1) is 0 Å². The van der Waals surface area contributed by atoms with E-state index in [1.165, 1.54) is 0 Å². The average Bonchev–Trinajstić information content (AvgIpc) is 2.82. The van der Waals surface area contributed by atoms with Crippen LogP contribution in [0.1, 0.15) is 31.6 Å². The van der Waals surface area contributed by atoms with Crippen LogP contribution < -0.4 is 0 Å². The van der Waals surface area contributed by atoms with E-state index in [1.807, 2.05) is 24.3 Å². The molecule has 1 aromatic carbocycles. The molecule has 1 heterocycles. The molecule has 0 amide bonds. The second-order valence-corrected chi connectivity index (χ2v) is 7.05. The number of fused-ring (bicyclic) bond motifs is 1. The molecule has 0 spiro atoms. The van der Waals surface area contributed by atoms with Gasteiger partial charge in [-0.15, -0.1) is 0 Å². The van der Waals surface area contributed by atoms with Gasteiger partial charge in [-0.1, -0.05) is 25.1 Å². The molecule has 1 N–H and O–H groups in total. The molecule has 0 saturated heterocycles. The van der Waals surface area contributed by atoms with Gasteiger partial charge in [0.1, 0.15) is 27.3 Å². The van der Waals surface area contributed by atoms with Gasteiger partial charge in [0.15, 0.2) is 0 Å². The van der Waals surface area contributed by atoms with Gasteiger partial charge in [-0.05, 0) is 25.0 Å². The Morgan fingerprint density at radius 3 is 2.74 bits per heavy atom. The molecule has 0 fully saturated rings. The molecule has 1 unspecified atom stereocenters. The molecule has 0 bridgehead atoms. The van der Waals surface area contributed by atoms with Gasteiger partial charge in [-0.25, -0.2) is 8.42 Å². The molecule has 0 saturated carbocycles. The maximum Gasteiger partial charge on any atom is 0.150 e. The largest absolute Gasteiger partial charge is 0.458 e. The van der Waals surface area contributed by atoms with Crippen LogP contribution in [0.2, 0.25) is 0 Å². The monoisotopic (exact) mass is 282 g/mol. The number of aliphatic hydroxyl groups is 1. The summed E-state index contributed by atoms with van der Waals surface area (Å²) in [5.74, 6) is 0.754. The highest BCUT2D eigenvalue weighted by atomic mass is 32.2. The molecule has 4 nitrogen and oxygen atoms in total. The summed E-state index contributed by atoms with van der Waals surface area (Å²) in [5.41, 5.74) is 0.734. The van der Waals surface area contributed by atoms with Gasteiger partial charge in [0.2, 0.25) is 0 Å². The third kappa shape index (κ3) is 3.58. The number of sulfone groups is 1. The highest BCUT2D eigenvalue weighted by molar-refractivity contribution is 7.91. The van der Waals surface area contributed by atoms with Crippen LogP contribution in [-0.2, 0) is 9.84 Å². The number of hydrogen-bond acceptors (Lipinski definition) is 4. The van der Waals surface area contributed by atoms with Crippen LogP contribution in [0.25, 0.3) is 11.0 Å². The molecule has 5 heteroatoms. The van der Waals surface area contributed by atoms with Gasteiger partial charge in [-0.2, -0.15) is 0 Å². The standard InChI is InChI=1S/C14H18O4S/c1-2-19(16,17)9-5-7-12(15)14-10-11-6-3-4-8-13(11)18-14/h3-4,6,8,10,12,15H,2,5,7,9H2,1H3. The molecule has 2 rings (SSSR count). The summed E-state index contributed by atoms with van der Waals surface area (Å²) < 4.78 is 28.2. The maximum atomic E-state index is 11.4. The van der Waals surface area contributed by atoms with Crippen molar-refractivity contribution in [3.05, 3.63) is 36.1 Å². The van der Waals surface area contributed by atoms with Gasteiger partial charge >= 0.3 is 0 Å². The van der Waals surface area contributed by atoms with Crippen molar-refractivity contribution in [1.29, 1.82) is 0 Å². The molecule has 0 aliphatic rings. The SMILES string of the molecule is CCS(=O)(=O)CCCC(O)c1cc2ccccc2o1. The number of furan rings is 1. The Hall–Kier alpha value is -1.33. The lowest BCUT2D eigenvalue weighted by atomic mass is 10.1. The fourth-order valence-electron chi connectivity index (χ4n) is 1.95. The number of aliphatic hydroxyl groups excluding tert-OH is 1. The minimum atomic E-state index is -2.96. The zero-order chi connectivity index (χ0) is 13.9. The Morgan fingerprint density at radius 2 is 2.05 bits per heavy atom. The van der Waals surface area contributed by atoms with Crippen molar-refractivity contribution >= 4 is 20.8 Å². The summed E-state index contributed by atoms with van der Waals surface area (Å²) in [4.78, 5) is 0. The summed E-state index contributed by atoms with van der Waals surface area (Å²) in [6.45, 7) is 1.63. The quantitative estimate of drug-likeness (QED) is 0.884. The van der Waals surface area contributed by atoms with E-state index in [9.17, 15) is 13.5 Å². The van der Waals surface area contributed by atoms with Crippen LogP contribution >= 0.6 is 0 Å². The summed E-state index contributed by atoms with van der Waals surface area (Å²) in [7, 11) is -2.96. The van der Waals surface area contributed by atoms with Crippen molar-refractivity contribution in [2.75, 3.05) is 11.5 Å². The predicted molar refractivity (Wildman–Crippen MR) is 74.7 cm³/mol. The first kappa shape index (κ1) is 14.1. The summed E-state index contributed by atoms with van der Waals surface area (Å²) in [6, 6.07) is 9.33. The highest BCUT2D eigenvalue weighted by Crippen LogP contribution is 2.26. The fraction of sp³-hybridized carbons (Fsp3) is 0.429. The predicted octanol–water partition coefficient (Wildman–Crippen LogP) is 2.68. The van der Waals surface area contributed by atoms with Gasteiger partial charge in [0.05, 0.1) is 5.75 Å². The van der Waals surface area contributed by atoms with E-state index in [0.29, 0.717) is 18.6 Å². The van der Waals surface area contributed by atoms with Gasteiger partial charge in [0.25, 0.3) is 0 Å². The van der Waals surface area contributed by atoms with E-state index < -0.39 is 15.9 Å². The summed E-state index contributed by atoms with van der Waals surface area (Å²) in [6.07, 6.45) is 0.0763. The van der Waals surface area contributed by atoms with Gasteiger partial charge in [-0.3, -0.25) is 0 Å². The Kier molecular flexibility index (Phi) is 4.27. The molecular weight excluding hydrogens is 264 g/mol. The lowest BCUT2D eigenvalue weighted by Gasteiger charge is -2.07. The third-order valence-corrected chi connectivity index (χ3v) is 4.94. The van der Waals surface area contributed by atoms with E-state index in [-0.39, 0.29) is 11.5 Å². The maximum absolute atomic E-state index is 11.4. The van der Waals surface area contributed by atoms with Crippen LogP contribution in [0.3, 0.4) is 0 Å². The molecule has 104 valence electrons. The molecule has 1 aromatic heterocycles. The molecule has 1 atom stereocenters. The van der Waals surface area contributed by atoms with Crippen molar-refractivity contribution in [3.63, 3.8) is 0 Å². The first-order chi connectivity index (χ1) is 9.02. The smallest absolute Gasteiger partial charge is 0.150 e. The first-order valence-electron chi connectivity index (χ1n) is 6.39. The molecule has 19 heavy (non-hydrogen) atoms. The second-order valence-electron chi connectivity index (χ2n) is 4.58. The Morgan fingerprint density at radius 1 is 1.32 bits per heavy atom. The topological polar surface area (TPSA) is 67.5 Å². The van der Waals surface area contributed by atoms with E-state index in [0.717, 1.165) is 11.0 Å². The van der Waals surface area contributed by atoms with Gasteiger partial charge < -0.3 is 9.52 Å². The first-order valence-corrected chi connectivity index (χ1v) is 8.21. The molecule has 0 radical (unpaired) electrons. The third-order valence-electron chi connectivity index (χ3n) is 3.15. The number of hydrogen-bond donors (Lipinski definition) is 1. The lowest BCUT2D eigenvalue weighted by molar-refractivity contribution is 0.142. The van der Waals surface area contributed by atoms with Crippen molar-refractivity contribution < 1.29 is 17.9 Å². The highest BCUT2D eigenvalue weighted by Gasteiger charge is 2.15. The van der Waals surface area contributed by atoms with Crippen molar-refractivity contribution in [2.24, 2.45) is 0 Å². The number of para-hydroxylation sites is 1. The van der Waals surface area contributed by atoms with Gasteiger partial charge in [0, 0.05) is 11.1 Å². The number of benzene rings is 1. The minimum absolute atomic E-state index is 0.112. The second kappa shape index (κ2) is 5.75. The number of rotatable bonds is 6. The van der Waals surface area contributed by atoms with E-state index in [2.05, 4.69) is 0 Å².